The van der Waals surface area contributed by atoms with Crippen LogP contribution in [0.3, 0.4) is 0 Å². The van der Waals surface area contributed by atoms with E-state index in [1.807, 2.05) is 0 Å². The van der Waals surface area contributed by atoms with Gasteiger partial charge in [-0.3, -0.25) is 0 Å². The van der Waals surface area contributed by atoms with Crippen LogP contribution in [0.2, 0.25) is 0 Å². The molecular formula is C15H30N2. The van der Waals surface area contributed by atoms with E-state index in [1.54, 1.807) is 0 Å². The highest BCUT2D eigenvalue weighted by Gasteiger charge is 2.29. The third kappa shape index (κ3) is 3.96. The summed E-state index contributed by atoms with van der Waals surface area (Å²) in [4.78, 5) is 2.71. The lowest BCUT2D eigenvalue weighted by molar-refractivity contribution is 0.0969. The number of hydrogen-bond acceptors (Lipinski definition) is 2. The molecule has 0 unspecified atom stereocenters. The Bertz CT molecular complexity index is 218. The van der Waals surface area contributed by atoms with Crippen molar-refractivity contribution in [3.8, 4) is 0 Å². The number of hydrogen-bond donors (Lipinski definition) is 1. The molecule has 2 aliphatic heterocycles. The van der Waals surface area contributed by atoms with Gasteiger partial charge < -0.3 is 10.2 Å². The molecule has 0 amide bonds. The zero-order valence-corrected chi connectivity index (χ0v) is 12.0. The Morgan fingerprint density at radius 3 is 2.35 bits per heavy atom. The van der Waals surface area contributed by atoms with Gasteiger partial charge in [-0.25, -0.2) is 0 Å². The van der Waals surface area contributed by atoms with Crippen molar-refractivity contribution in [2.24, 2.45) is 17.3 Å². The molecule has 2 heterocycles. The second-order valence-electron chi connectivity index (χ2n) is 7.15. The molecule has 0 aromatic rings. The van der Waals surface area contributed by atoms with Gasteiger partial charge in [0.25, 0.3) is 0 Å². The van der Waals surface area contributed by atoms with Crippen LogP contribution in [0.4, 0.5) is 0 Å². The Kier molecular flexibility index (Phi) is 4.48. The van der Waals surface area contributed by atoms with E-state index < -0.39 is 0 Å². The molecule has 2 saturated heterocycles. The summed E-state index contributed by atoms with van der Waals surface area (Å²) in [6.45, 7) is 13.7. The lowest BCUT2D eigenvalue weighted by atomic mass is 9.75. The van der Waals surface area contributed by atoms with E-state index in [4.69, 9.17) is 0 Å². The maximum Gasteiger partial charge on any atom is 0.00218 e. The fourth-order valence-electron chi connectivity index (χ4n) is 3.43. The van der Waals surface area contributed by atoms with E-state index in [9.17, 15) is 0 Å². The number of rotatable bonds is 2. The third-order valence-corrected chi connectivity index (χ3v) is 4.73. The first kappa shape index (κ1) is 13.4. The minimum Gasteiger partial charge on any atom is -0.316 e. The molecule has 0 radical (unpaired) electrons. The van der Waals surface area contributed by atoms with Crippen molar-refractivity contribution in [3.05, 3.63) is 0 Å². The van der Waals surface area contributed by atoms with Crippen molar-refractivity contribution in [1.29, 1.82) is 0 Å². The lowest BCUT2D eigenvalue weighted by Crippen LogP contribution is -2.43. The van der Waals surface area contributed by atoms with Crippen molar-refractivity contribution in [2.45, 2.75) is 46.5 Å². The summed E-state index contributed by atoms with van der Waals surface area (Å²) in [5, 5.41) is 3.53. The highest BCUT2D eigenvalue weighted by atomic mass is 15.1. The summed E-state index contributed by atoms with van der Waals surface area (Å²) in [7, 11) is 0. The first-order valence-electron chi connectivity index (χ1n) is 7.49. The molecular weight excluding hydrogens is 208 g/mol. The van der Waals surface area contributed by atoms with Crippen LogP contribution >= 0.6 is 0 Å². The predicted octanol–water partition coefficient (Wildman–Crippen LogP) is 2.74. The lowest BCUT2D eigenvalue weighted by Gasteiger charge is -2.40. The third-order valence-electron chi connectivity index (χ3n) is 4.73. The van der Waals surface area contributed by atoms with E-state index in [-0.39, 0.29) is 0 Å². The Morgan fingerprint density at radius 2 is 1.82 bits per heavy atom. The molecule has 0 bridgehead atoms. The van der Waals surface area contributed by atoms with Gasteiger partial charge in [-0.1, -0.05) is 20.8 Å². The first-order chi connectivity index (χ1) is 8.05. The molecule has 2 nitrogen and oxygen atoms in total. The monoisotopic (exact) mass is 238 g/mol. The molecule has 100 valence electrons. The van der Waals surface area contributed by atoms with Crippen molar-refractivity contribution in [3.63, 3.8) is 0 Å². The standard InChI is InChI=1S/C15H30N2/c1-15(2,3)14-6-9-17(10-7-14)12-13-5-4-8-16-11-13/h13-14,16H,4-12H2,1-3H3/t13-/m0/s1. The van der Waals surface area contributed by atoms with Crippen LogP contribution in [-0.2, 0) is 0 Å². The second kappa shape index (κ2) is 5.71. The molecule has 0 spiro atoms. The second-order valence-corrected chi connectivity index (χ2v) is 7.15. The van der Waals surface area contributed by atoms with Crippen LogP contribution in [0.5, 0.6) is 0 Å². The van der Waals surface area contributed by atoms with Gasteiger partial charge in [0, 0.05) is 6.54 Å². The molecule has 1 atom stereocenters. The smallest absolute Gasteiger partial charge is 0.00218 e. The summed E-state index contributed by atoms with van der Waals surface area (Å²) >= 11 is 0. The number of nitrogens with one attached hydrogen (secondary N) is 1. The van der Waals surface area contributed by atoms with Gasteiger partial charge in [-0.2, -0.15) is 0 Å². The average Bonchev–Trinajstić information content (AvgIpc) is 2.30. The zero-order valence-electron chi connectivity index (χ0n) is 12.0. The van der Waals surface area contributed by atoms with Gasteiger partial charge in [-0.05, 0) is 69.1 Å². The molecule has 2 fully saturated rings. The molecule has 0 saturated carbocycles. The zero-order chi connectivity index (χ0) is 12.3. The summed E-state index contributed by atoms with van der Waals surface area (Å²) in [5.74, 6) is 1.85. The molecule has 2 aliphatic rings. The van der Waals surface area contributed by atoms with E-state index >= 15 is 0 Å². The molecule has 0 aromatic carbocycles. The maximum atomic E-state index is 3.53. The van der Waals surface area contributed by atoms with Gasteiger partial charge in [0.05, 0.1) is 0 Å². The van der Waals surface area contributed by atoms with E-state index in [2.05, 4.69) is 31.0 Å². The summed E-state index contributed by atoms with van der Waals surface area (Å²) in [6.07, 6.45) is 5.63. The van der Waals surface area contributed by atoms with Gasteiger partial charge in [-0.15, -0.1) is 0 Å². The van der Waals surface area contributed by atoms with Crippen LogP contribution < -0.4 is 5.32 Å². The van der Waals surface area contributed by atoms with Gasteiger partial charge in [0.15, 0.2) is 0 Å². The number of nitrogens with zero attached hydrogens (tertiary/aromatic N) is 1. The van der Waals surface area contributed by atoms with Crippen molar-refractivity contribution >= 4 is 0 Å². The molecule has 2 rings (SSSR count). The summed E-state index contributed by atoms with van der Waals surface area (Å²) in [6, 6.07) is 0. The van der Waals surface area contributed by atoms with Crippen molar-refractivity contribution in [2.75, 3.05) is 32.7 Å². The first-order valence-corrected chi connectivity index (χ1v) is 7.49. The van der Waals surface area contributed by atoms with Crippen LogP contribution in [-0.4, -0.2) is 37.6 Å². The largest absolute Gasteiger partial charge is 0.316 e. The maximum absolute atomic E-state index is 3.53. The Hall–Kier alpha value is -0.0800. The molecule has 17 heavy (non-hydrogen) atoms. The average molecular weight is 238 g/mol. The Balaban J connectivity index is 1.71. The van der Waals surface area contributed by atoms with Crippen molar-refractivity contribution < 1.29 is 0 Å². The van der Waals surface area contributed by atoms with E-state index in [0.717, 1.165) is 11.8 Å². The van der Waals surface area contributed by atoms with E-state index in [0.29, 0.717) is 5.41 Å². The summed E-state index contributed by atoms with van der Waals surface area (Å²) in [5.41, 5.74) is 0.512. The van der Waals surface area contributed by atoms with Gasteiger partial charge in [0.2, 0.25) is 0 Å². The van der Waals surface area contributed by atoms with E-state index in [1.165, 1.54) is 58.4 Å². The Labute approximate surface area is 107 Å². The minimum atomic E-state index is 0.512. The number of piperidine rings is 2. The van der Waals surface area contributed by atoms with Crippen LogP contribution in [0.15, 0.2) is 0 Å². The molecule has 0 aliphatic carbocycles. The fraction of sp³-hybridized carbons (Fsp3) is 1.00. The Morgan fingerprint density at radius 1 is 1.12 bits per heavy atom. The fourth-order valence-corrected chi connectivity index (χ4v) is 3.43. The summed E-state index contributed by atoms with van der Waals surface area (Å²) < 4.78 is 0. The van der Waals surface area contributed by atoms with Gasteiger partial charge in [0.1, 0.15) is 0 Å². The SMILES string of the molecule is CC(C)(C)C1CCN(C[C@H]2CCCNC2)CC1. The molecule has 1 N–H and O–H groups in total. The number of likely N-dealkylation sites (tertiary alicyclic amines) is 1. The van der Waals surface area contributed by atoms with Crippen LogP contribution in [0, 0.1) is 17.3 Å². The normalized spacial score (nSPS) is 29.5. The van der Waals surface area contributed by atoms with Crippen LogP contribution in [0.25, 0.3) is 0 Å². The molecule has 2 heteroatoms. The minimum absolute atomic E-state index is 0.512. The van der Waals surface area contributed by atoms with Crippen LogP contribution in [0.1, 0.15) is 46.5 Å². The highest BCUT2D eigenvalue weighted by molar-refractivity contribution is 4.82. The highest BCUT2D eigenvalue weighted by Crippen LogP contribution is 2.34. The molecule has 0 aromatic heterocycles. The predicted molar refractivity (Wildman–Crippen MR) is 74.2 cm³/mol. The van der Waals surface area contributed by atoms with Crippen molar-refractivity contribution in [1.82, 2.24) is 10.2 Å². The van der Waals surface area contributed by atoms with Gasteiger partial charge >= 0.3 is 0 Å². The topological polar surface area (TPSA) is 15.3 Å². The quantitative estimate of drug-likeness (QED) is 0.796.